The van der Waals surface area contributed by atoms with Crippen LogP contribution in [-0.4, -0.2) is 29.2 Å². The molecule has 0 fully saturated rings. The molecule has 3 rings (SSSR count). The molecule has 1 atom stereocenters. The second kappa shape index (κ2) is 4.99. The van der Waals surface area contributed by atoms with Gasteiger partial charge in [0.05, 0.1) is 17.9 Å². The van der Waals surface area contributed by atoms with Gasteiger partial charge in [0.1, 0.15) is 12.4 Å². The second-order valence-electron chi connectivity index (χ2n) is 4.65. The molecule has 2 aliphatic rings. The van der Waals surface area contributed by atoms with E-state index in [1.54, 1.807) is 11.1 Å². The summed E-state index contributed by atoms with van der Waals surface area (Å²) < 4.78 is 32.3. The van der Waals surface area contributed by atoms with Crippen LogP contribution in [0.3, 0.4) is 0 Å². The molecule has 4 nitrogen and oxygen atoms in total. The molecule has 7 heteroatoms. The highest BCUT2D eigenvalue weighted by Crippen LogP contribution is 2.32. The molecule has 0 aliphatic carbocycles. The fourth-order valence-electron chi connectivity index (χ4n) is 2.50. The Kier molecular flexibility index (Phi) is 3.31. The topological polar surface area (TPSA) is 52.6 Å². The van der Waals surface area contributed by atoms with Crippen molar-refractivity contribution in [1.82, 2.24) is 10.2 Å². The van der Waals surface area contributed by atoms with Crippen LogP contribution in [-0.2, 0) is 6.42 Å². The van der Waals surface area contributed by atoms with Gasteiger partial charge in [0.2, 0.25) is 0 Å². The van der Waals surface area contributed by atoms with Crippen LogP contribution >= 0.6 is 12.2 Å². The third-order valence-electron chi connectivity index (χ3n) is 3.37. The van der Waals surface area contributed by atoms with Gasteiger partial charge in [0.25, 0.3) is 0 Å². The highest BCUT2D eigenvalue weighted by atomic mass is 32.1. The monoisotopic (exact) mass is 296 g/mol. The molecule has 2 aliphatic heterocycles. The van der Waals surface area contributed by atoms with E-state index in [4.69, 9.17) is 22.7 Å². The third kappa shape index (κ3) is 2.12. The SMILES string of the molecule is NCC1=C[N]C(=S)N1C1COc2c(F)cc(F)cc2C1. The number of hydrogen-bond acceptors (Lipinski definition) is 3. The molecule has 20 heavy (non-hydrogen) atoms. The number of halogens is 2. The van der Waals surface area contributed by atoms with E-state index >= 15 is 0 Å². The molecule has 1 unspecified atom stereocenters. The Bertz CT molecular complexity index is 606. The van der Waals surface area contributed by atoms with E-state index in [2.05, 4.69) is 5.32 Å². The maximum Gasteiger partial charge on any atom is 0.200 e. The molecular formula is C13H12F2N3OS. The smallest absolute Gasteiger partial charge is 0.200 e. The highest BCUT2D eigenvalue weighted by molar-refractivity contribution is 7.80. The molecular weight excluding hydrogens is 284 g/mol. The van der Waals surface area contributed by atoms with E-state index in [0.29, 0.717) is 23.6 Å². The third-order valence-corrected chi connectivity index (χ3v) is 3.68. The van der Waals surface area contributed by atoms with Gasteiger partial charge < -0.3 is 15.4 Å². The summed E-state index contributed by atoms with van der Waals surface area (Å²) in [6.45, 7) is 0.549. The number of nitrogens with zero attached hydrogens (tertiary/aromatic N) is 2. The van der Waals surface area contributed by atoms with Crippen LogP contribution < -0.4 is 15.8 Å². The van der Waals surface area contributed by atoms with Crippen molar-refractivity contribution in [3.63, 3.8) is 0 Å². The summed E-state index contributed by atoms with van der Waals surface area (Å²) in [6.07, 6.45) is 2.04. The predicted octanol–water partition coefficient (Wildman–Crippen LogP) is 1.27. The van der Waals surface area contributed by atoms with Crippen LogP contribution in [0.1, 0.15) is 5.56 Å². The van der Waals surface area contributed by atoms with E-state index in [-0.39, 0.29) is 18.4 Å². The Morgan fingerprint density at radius 3 is 3.00 bits per heavy atom. The second-order valence-corrected chi connectivity index (χ2v) is 5.02. The first kappa shape index (κ1) is 13.3. The van der Waals surface area contributed by atoms with Gasteiger partial charge in [-0.05, 0) is 18.3 Å². The molecule has 1 aromatic carbocycles. The number of ether oxygens (including phenoxy) is 1. The first-order valence-corrected chi connectivity index (χ1v) is 6.55. The van der Waals surface area contributed by atoms with Crippen molar-refractivity contribution in [2.24, 2.45) is 5.73 Å². The lowest BCUT2D eigenvalue weighted by molar-refractivity contribution is 0.189. The molecule has 0 aromatic heterocycles. The number of nitrogens with two attached hydrogens (primary N) is 1. The highest BCUT2D eigenvalue weighted by Gasteiger charge is 2.33. The molecule has 0 saturated heterocycles. The molecule has 1 radical (unpaired) electrons. The summed E-state index contributed by atoms with van der Waals surface area (Å²) in [5.41, 5.74) is 6.92. The van der Waals surface area contributed by atoms with Crippen molar-refractivity contribution in [3.05, 3.63) is 41.2 Å². The Balaban J connectivity index is 1.89. The van der Waals surface area contributed by atoms with Crippen LogP contribution in [0.25, 0.3) is 0 Å². The van der Waals surface area contributed by atoms with E-state index in [0.717, 1.165) is 11.8 Å². The first-order chi connectivity index (χ1) is 9.60. The van der Waals surface area contributed by atoms with Gasteiger partial charge in [-0.2, -0.15) is 0 Å². The number of benzene rings is 1. The minimum absolute atomic E-state index is 0.114. The maximum atomic E-state index is 13.6. The summed E-state index contributed by atoms with van der Waals surface area (Å²) in [7, 11) is 0. The largest absolute Gasteiger partial charge is 0.488 e. The lowest BCUT2D eigenvalue weighted by Crippen LogP contribution is -2.45. The van der Waals surface area contributed by atoms with Gasteiger partial charge in [-0.1, -0.05) is 0 Å². The number of hydrogen-bond donors (Lipinski definition) is 1. The minimum atomic E-state index is -0.679. The molecule has 2 N–H and O–H groups in total. The lowest BCUT2D eigenvalue weighted by atomic mass is 10.0. The van der Waals surface area contributed by atoms with Crippen molar-refractivity contribution < 1.29 is 13.5 Å². The van der Waals surface area contributed by atoms with Crippen LogP contribution in [0.5, 0.6) is 5.75 Å². The zero-order valence-corrected chi connectivity index (χ0v) is 11.3. The molecule has 2 heterocycles. The van der Waals surface area contributed by atoms with Crippen molar-refractivity contribution >= 4 is 17.3 Å². The van der Waals surface area contributed by atoms with Crippen LogP contribution in [0, 0.1) is 11.6 Å². The van der Waals surface area contributed by atoms with Crippen LogP contribution in [0.2, 0.25) is 0 Å². The fraction of sp³-hybridized carbons (Fsp3) is 0.308. The van der Waals surface area contributed by atoms with Gasteiger partial charge in [0.15, 0.2) is 16.7 Å². The molecule has 1 aromatic rings. The van der Waals surface area contributed by atoms with Gasteiger partial charge in [-0.25, -0.2) is 14.1 Å². The van der Waals surface area contributed by atoms with Crippen LogP contribution in [0.4, 0.5) is 8.78 Å². The average Bonchev–Trinajstić information content (AvgIpc) is 2.78. The van der Waals surface area contributed by atoms with E-state index in [1.165, 1.54) is 6.07 Å². The summed E-state index contributed by atoms with van der Waals surface area (Å²) in [5, 5.41) is 4.45. The van der Waals surface area contributed by atoms with Gasteiger partial charge in [-0.3, -0.25) is 0 Å². The maximum absolute atomic E-state index is 13.6. The molecule has 105 valence electrons. The van der Waals surface area contributed by atoms with E-state index in [1.807, 2.05) is 0 Å². The quantitative estimate of drug-likeness (QED) is 0.835. The first-order valence-electron chi connectivity index (χ1n) is 6.14. The lowest BCUT2D eigenvalue weighted by Gasteiger charge is -2.34. The van der Waals surface area contributed by atoms with Gasteiger partial charge in [-0.15, -0.1) is 0 Å². The number of fused-ring (bicyclic) bond motifs is 1. The molecule has 0 bridgehead atoms. The number of rotatable bonds is 2. The van der Waals surface area contributed by atoms with Crippen molar-refractivity contribution in [2.45, 2.75) is 12.5 Å². The summed E-state index contributed by atoms with van der Waals surface area (Å²) >= 11 is 5.16. The Morgan fingerprint density at radius 2 is 2.25 bits per heavy atom. The van der Waals surface area contributed by atoms with Crippen molar-refractivity contribution in [3.8, 4) is 5.75 Å². The van der Waals surface area contributed by atoms with E-state index in [9.17, 15) is 8.78 Å². The van der Waals surface area contributed by atoms with Gasteiger partial charge in [0, 0.05) is 24.6 Å². The molecule has 0 spiro atoms. The Labute approximate surface area is 120 Å². The molecule has 0 amide bonds. The average molecular weight is 296 g/mol. The van der Waals surface area contributed by atoms with Crippen molar-refractivity contribution in [2.75, 3.05) is 13.2 Å². The summed E-state index contributed by atoms with van der Waals surface area (Å²) in [4.78, 5) is 1.79. The van der Waals surface area contributed by atoms with E-state index < -0.39 is 11.6 Å². The Morgan fingerprint density at radius 1 is 1.45 bits per heavy atom. The zero-order valence-electron chi connectivity index (χ0n) is 10.5. The molecule has 0 saturated carbocycles. The van der Waals surface area contributed by atoms with Gasteiger partial charge >= 0.3 is 0 Å². The predicted molar refractivity (Wildman–Crippen MR) is 73.1 cm³/mol. The minimum Gasteiger partial charge on any atom is -0.488 e. The van der Waals surface area contributed by atoms with Crippen molar-refractivity contribution in [1.29, 1.82) is 0 Å². The standard InChI is InChI=1S/C13H12F2N3OS/c14-8-1-7-2-9(6-19-12(7)11(15)3-8)18-10(4-16)5-17-13(18)20/h1,3,5,9H,2,4,6,16H2. The summed E-state index contributed by atoms with van der Waals surface area (Å²) in [6, 6.07) is 1.95. The normalized spacial score (nSPS) is 21.1. The zero-order chi connectivity index (χ0) is 14.3. The fourth-order valence-corrected chi connectivity index (χ4v) is 2.82. The van der Waals surface area contributed by atoms with Crippen LogP contribution in [0.15, 0.2) is 24.0 Å². The summed E-state index contributed by atoms with van der Waals surface area (Å²) in [5.74, 6) is -1.18. The number of thiocarbonyl (C=S) groups is 1. The Hall–Kier alpha value is -1.73.